The van der Waals surface area contributed by atoms with Crippen molar-refractivity contribution in [2.75, 3.05) is 24.5 Å². The van der Waals surface area contributed by atoms with Crippen LogP contribution in [0.5, 0.6) is 0 Å². The molecular weight excluding hydrogens is 194 g/mol. The largest absolute Gasteiger partial charge is 0.364 e. The van der Waals surface area contributed by atoms with Gasteiger partial charge in [-0.15, -0.1) is 10.2 Å². The monoisotopic (exact) mass is 207 g/mol. The summed E-state index contributed by atoms with van der Waals surface area (Å²) in [6, 6.07) is 3.33. The predicted molar refractivity (Wildman–Crippen MR) is 55.3 cm³/mol. The van der Waals surface area contributed by atoms with Crippen LogP contribution in [0.25, 0.3) is 0 Å². The third-order valence-corrected chi connectivity index (χ3v) is 2.52. The van der Waals surface area contributed by atoms with E-state index < -0.39 is 5.91 Å². The Labute approximate surface area is 87.3 Å². The molecule has 1 fully saturated rings. The van der Waals surface area contributed by atoms with E-state index >= 15 is 0 Å². The molecule has 2 rings (SSSR count). The zero-order chi connectivity index (χ0) is 10.8. The zero-order valence-electron chi connectivity index (χ0n) is 8.26. The molecule has 1 aromatic heterocycles. The normalized spacial score (nSPS) is 16.2. The summed E-state index contributed by atoms with van der Waals surface area (Å²) in [5.41, 5.74) is 10.8. The summed E-state index contributed by atoms with van der Waals surface area (Å²) in [6.07, 6.45) is 0. The molecule has 0 saturated carbocycles. The van der Waals surface area contributed by atoms with Gasteiger partial charge in [-0.25, -0.2) is 0 Å². The Kier molecular flexibility index (Phi) is 2.51. The number of aromatic nitrogens is 2. The molecule has 1 aliphatic rings. The summed E-state index contributed by atoms with van der Waals surface area (Å²) >= 11 is 0. The van der Waals surface area contributed by atoms with Crippen molar-refractivity contribution in [2.24, 2.45) is 17.4 Å². The first kappa shape index (κ1) is 9.85. The lowest BCUT2D eigenvalue weighted by Gasteiger charge is -2.39. The van der Waals surface area contributed by atoms with Crippen LogP contribution in [-0.4, -0.2) is 35.7 Å². The molecule has 6 nitrogen and oxygen atoms in total. The fourth-order valence-corrected chi connectivity index (χ4v) is 1.53. The number of carbonyl (C=O) groups excluding carboxylic acids is 1. The Morgan fingerprint density at radius 2 is 2.20 bits per heavy atom. The van der Waals surface area contributed by atoms with Crippen molar-refractivity contribution in [1.82, 2.24) is 10.2 Å². The van der Waals surface area contributed by atoms with Crippen LogP contribution >= 0.6 is 0 Å². The number of carbonyl (C=O) groups is 1. The molecule has 0 radical (unpaired) electrons. The minimum absolute atomic E-state index is 0.189. The van der Waals surface area contributed by atoms with Crippen molar-refractivity contribution in [3.8, 4) is 0 Å². The Morgan fingerprint density at radius 1 is 1.47 bits per heavy atom. The van der Waals surface area contributed by atoms with E-state index in [0.29, 0.717) is 12.5 Å². The summed E-state index contributed by atoms with van der Waals surface area (Å²) in [4.78, 5) is 12.8. The van der Waals surface area contributed by atoms with E-state index in [4.69, 9.17) is 11.5 Å². The van der Waals surface area contributed by atoms with Gasteiger partial charge in [0.15, 0.2) is 11.5 Å². The third kappa shape index (κ3) is 1.89. The van der Waals surface area contributed by atoms with Gasteiger partial charge in [0.2, 0.25) is 0 Å². The van der Waals surface area contributed by atoms with Gasteiger partial charge in [0, 0.05) is 19.0 Å². The van der Waals surface area contributed by atoms with Crippen LogP contribution < -0.4 is 16.4 Å². The predicted octanol–water partition coefficient (Wildman–Crippen LogP) is -1.03. The number of amides is 1. The fraction of sp³-hybridized carbons (Fsp3) is 0.444. The molecule has 2 heterocycles. The molecule has 1 aliphatic heterocycles. The van der Waals surface area contributed by atoms with E-state index in [1.807, 2.05) is 0 Å². The number of anilines is 1. The van der Waals surface area contributed by atoms with Gasteiger partial charge in [-0.05, 0) is 18.7 Å². The molecular formula is C9H13N5O. The average Bonchev–Trinajstić information content (AvgIpc) is 2.17. The number of hydrogen-bond acceptors (Lipinski definition) is 5. The maximum absolute atomic E-state index is 10.8. The van der Waals surface area contributed by atoms with Crippen molar-refractivity contribution in [2.45, 2.75) is 0 Å². The van der Waals surface area contributed by atoms with E-state index in [0.717, 1.165) is 18.9 Å². The highest BCUT2D eigenvalue weighted by molar-refractivity contribution is 5.90. The second kappa shape index (κ2) is 3.82. The molecule has 0 unspecified atom stereocenters. The van der Waals surface area contributed by atoms with Crippen molar-refractivity contribution >= 4 is 11.7 Å². The van der Waals surface area contributed by atoms with Gasteiger partial charge in [0.25, 0.3) is 5.91 Å². The maximum Gasteiger partial charge on any atom is 0.269 e. The standard InChI is InChI=1S/C9H13N5O/c10-3-6-4-14(5-6)8-2-1-7(9(11)15)12-13-8/h1-2,6H,3-5,10H2,(H2,11,15). The van der Waals surface area contributed by atoms with E-state index in [1.165, 1.54) is 0 Å². The smallest absolute Gasteiger partial charge is 0.269 e. The SMILES string of the molecule is NCC1CN(c2ccc(C(N)=O)nn2)C1. The van der Waals surface area contributed by atoms with Gasteiger partial charge in [0.05, 0.1) is 0 Å². The second-order valence-electron chi connectivity index (χ2n) is 3.65. The molecule has 0 atom stereocenters. The van der Waals surface area contributed by atoms with E-state index in [9.17, 15) is 4.79 Å². The van der Waals surface area contributed by atoms with Crippen LogP contribution in [-0.2, 0) is 0 Å². The third-order valence-electron chi connectivity index (χ3n) is 2.52. The number of nitrogens with zero attached hydrogens (tertiary/aromatic N) is 3. The molecule has 80 valence electrons. The van der Waals surface area contributed by atoms with Crippen molar-refractivity contribution in [3.05, 3.63) is 17.8 Å². The summed E-state index contributed by atoms with van der Waals surface area (Å²) < 4.78 is 0. The first-order valence-corrected chi connectivity index (χ1v) is 4.79. The number of rotatable bonds is 3. The lowest BCUT2D eigenvalue weighted by molar-refractivity contribution is 0.0994. The minimum atomic E-state index is -0.558. The second-order valence-corrected chi connectivity index (χ2v) is 3.65. The molecule has 1 saturated heterocycles. The Bertz CT molecular complexity index is 357. The maximum atomic E-state index is 10.8. The quantitative estimate of drug-likeness (QED) is 0.660. The van der Waals surface area contributed by atoms with Crippen LogP contribution in [0.15, 0.2) is 12.1 Å². The van der Waals surface area contributed by atoms with Crippen LogP contribution in [0.1, 0.15) is 10.5 Å². The lowest BCUT2D eigenvalue weighted by Crippen LogP contribution is -2.50. The van der Waals surface area contributed by atoms with Crippen molar-refractivity contribution < 1.29 is 4.79 Å². The van der Waals surface area contributed by atoms with Crippen molar-refractivity contribution in [1.29, 1.82) is 0 Å². The molecule has 0 aliphatic carbocycles. The molecule has 0 bridgehead atoms. The molecule has 0 spiro atoms. The number of nitrogens with two attached hydrogens (primary N) is 2. The van der Waals surface area contributed by atoms with E-state index in [2.05, 4.69) is 15.1 Å². The van der Waals surface area contributed by atoms with E-state index in [1.54, 1.807) is 12.1 Å². The van der Waals surface area contributed by atoms with Crippen molar-refractivity contribution in [3.63, 3.8) is 0 Å². The minimum Gasteiger partial charge on any atom is -0.364 e. The van der Waals surface area contributed by atoms with Gasteiger partial charge in [-0.1, -0.05) is 0 Å². The highest BCUT2D eigenvalue weighted by Gasteiger charge is 2.26. The molecule has 0 aromatic carbocycles. The topological polar surface area (TPSA) is 98.1 Å². The first-order valence-electron chi connectivity index (χ1n) is 4.79. The van der Waals surface area contributed by atoms with Gasteiger partial charge >= 0.3 is 0 Å². The van der Waals surface area contributed by atoms with Crippen LogP contribution in [0.4, 0.5) is 5.82 Å². The Hall–Kier alpha value is -1.69. The molecule has 15 heavy (non-hydrogen) atoms. The first-order chi connectivity index (χ1) is 7.20. The molecule has 1 amide bonds. The Morgan fingerprint density at radius 3 is 2.67 bits per heavy atom. The highest BCUT2D eigenvalue weighted by atomic mass is 16.1. The van der Waals surface area contributed by atoms with Gasteiger partial charge < -0.3 is 16.4 Å². The van der Waals surface area contributed by atoms with Crippen LogP contribution in [0, 0.1) is 5.92 Å². The van der Waals surface area contributed by atoms with Crippen LogP contribution in [0.3, 0.4) is 0 Å². The summed E-state index contributed by atoms with van der Waals surface area (Å²) in [5.74, 6) is 0.754. The molecule has 6 heteroatoms. The van der Waals surface area contributed by atoms with Gasteiger partial charge in [-0.2, -0.15) is 0 Å². The Balaban J connectivity index is 2.02. The fourth-order valence-electron chi connectivity index (χ4n) is 1.53. The summed E-state index contributed by atoms with van der Waals surface area (Å²) in [7, 11) is 0. The number of primary amides is 1. The zero-order valence-corrected chi connectivity index (χ0v) is 8.26. The van der Waals surface area contributed by atoms with E-state index in [-0.39, 0.29) is 5.69 Å². The summed E-state index contributed by atoms with van der Waals surface area (Å²) in [5, 5.41) is 7.66. The highest BCUT2D eigenvalue weighted by Crippen LogP contribution is 2.20. The van der Waals surface area contributed by atoms with Gasteiger partial charge in [-0.3, -0.25) is 4.79 Å². The summed E-state index contributed by atoms with van der Waals surface area (Å²) in [6.45, 7) is 2.51. The lowest BCUT2D eigenvalue weighted by atomic mass is 10.0. The molecule has 4 N–H and O–H groups in total. The molecule has 1 aromatic rings. The van der Waals surface area contributed by atoms with Crippen LogP contribution in [0.2, 0.25) is 0 Å². The number of hydrogen-bond donors (Lipinski definition) is 2. The average molecular weight is 207 g/mol. The van der Waals surface area contributed by atoms with Gasteiger partial charge in [0.1, 0.15) is 0 Å².